The van der Waals surface area contributed by atoms with Gasteiger partial charge in [-0.15, -0.1) is 11.3 Å². The Morgan fingerprint density at radius 3 is 2.71 bits per heavy atom. The fourth-order valence-corrected chi connectivity index (χ4v) is 2.58. The molecule has 2 aromatic rings. The van der Waals surface area contributed by atoms with Crippen molar-refractivity contribution in [3.8, 4) is 0 Å². The van der Waals surface area contributed by atoms with Gasteiger partial charge in [0.05, 0.1) is 4.92 Å². The number of hydrogen-bond acceptors (Lipinski definition) is 5. The Morgan fingerprint density at radius 2 is 2.14 bits per heavy atom. The quantitative estimate of drug-likeness (QED) is 0.688. The average Bonchev–Trinajstić information content (AvgIpc) is 2.86. The number of nitro groups is 1. The number of benzene rings is 1. The van der Waals surface area contributed by atoms with E-state index in [9.17, 15) is 14.9 Å². The van der Waals surface area contributed by atoms with Crippen LogP contribution >= 0.6 is 11.3 Å². The first-order chi connectivity index (χ1) is 9.88. The molecule has 0 fully saturated rings. The maximum absolute atomic E-state index is 12.2. The summed E-state index contributed by atoms with van der Waals surface area (Å²) in [6, 6.07) is 4.45. The number of nitrogens with one attached hydrogen (secondary N) is 1. The molecular formula is C14H15N3O3S. The molecule has 21 heavy (non-hydrogen) atoms. The highest BCUT2D eigenvalue weighted by Gasteiger charge is 2.21. The molecule has 0 saturated heterocycles. The van der Waals surface area contributed by atoms with Gasteiger partial charge in [-0.3, -0.25) is 20.2 Å². The second-order valence-electron chi connectivity index (χ2n) is 4.95. The van der Waals surface area contributed by atoms with E-state index in [1.54, 1.807) is 19.2 Å². The Hall–Kier alpha value is -2.28. The summed E-state index contributed by atoms with van der Waals surface area (Å²) >= 11 is 1.37. The van der Waals surface area contributed by atoms with Crippen LogP contribution in [0.5, 0.6) is 0 Å². The molecule has 110 valence electrons. The van der Waals surface area contributed by atoms with Crippen LogP contribution in [-0.4, -0.2) is 15.8 Å². The third kappa shape index (κ3) is 3.43. The minimum Gasteiger partial charge on any atom is -0.298 e. The molecule has 0 atom stereocenters. The van der Waals surface area contributed by atoms with Crippen molar-refractivity contribution in [3.05, 3.63) is 50.5 Å². The average molecular weight is 305 g/mol. The largest absolute Gasteiger partial charge is 0.298 e. The van der Waals surface area contributed by atoms with E-state index in [4.69, 9.17) is 0 Å². The van der Waals surface area contributed by atoms with Gasteiger partial charge in [0, 0.05) is 17.1 Å². The summed E-state index contributed by atoms with van der Waals surface area (Å²) in [6.45, 7) is 5.84. The number of rotatable bonds is 4. The Kier molecular flexibility index (Phi) is 4.32. The van der Waals surface area contributed by atoms with Gasteiger partial charge in [0.2, 0.25) is 0 Å². The van der Waals surface area contributed by atoms with Gasteiger partial charge in [0.15, 0.2) is 5.13 Å². The van der Waals surface area contributed by atoms with Crippen molar-refractivity contribution in [1.29, 1.82) is 0 Å². The second kappa shape index (κ2) is 6.01. The number of nitro benzene ring substituents is 1. The SMILES string of the molecule is Cc1ccc([N+](=O)[O-])c(C(=O)Nc2ncc(C(C)C)s2)c1. The summed E-state index contributed by atoms with van der Waals surface area (Å²) in [6.07, 6.45) is 1.70. The zero-order valence-corrected chi connectivity index (χ0v) is 12.7. The van der Waals surface area contributed by atoms with Gasteiger partial charge in [-0.05, 0) is 24.5 Å². The first-order valence-corrected chi connectivity index (χ1v) is 7.22. The lowest BCUT2D eigenvalue weighted by Crippen LogP contribution is -2.14. The highest BCUT2D eigenvalue weighted by atomic mass is 32.1. The molecule has 1 heterocycles. The van der Waals surface area contributed by atoms with Crippen LogP contribution in [0.1, 0.15) is 40.6 Å². The van der Waals surface area contributed by atoms with Crippen molar-refractivity contribution in [3.63, 3.8) is 0 Å². The number of carbonyl (C=O) groups is 1. The first-order valence-electron chi connectivity index (χ1n) is 6.40. The van der Waals surface area contributed by atoms with Gasteiger partial charge < -0.3 is 0 Å². The minimum atomic E-state index is -0.560. The molecule has 0 aliphatic heterocycles. The van der Waals surface area contributed by atoms with Crippen LogP contribution in [-0.2, 0) is 0 Å². The van der Waals surface area contributed by atoms with Crippen LogP contribution in [0.15, 0.2) is 24.4 Å². The van der Waals surface area contributed by atoms with Crippen molar-refractivity contribution < 1.29 is 9.72 Å². The molecule has 6 nitrogen and oxygen atoms in total. The molecule has 1 amide bonds. The van der Waals surface area contributed by atoms with Crippen LogP contribution in [0.3, 0.4) is 0 Å². The number of aromatic nitrogens is 1. The summed E-state index contributed by atoms with van der Waals surface area (Å²) in [5.41, 5.74) is 0.618. The van der Waals surface area contributed by atoms with Crippen molar-refractivity contribution in [1.82, 2.24) is 4.98 Å². The molecular weight excluding hydrogens is 290 g/mol. The molecule has 0 bridgehead atoms. The van der Waals surface area contributed by atoms with Crippen LogP contribution in [0, 0.1) is 17.0 Å². The Balaban J connectivity index is 2.27. The predicted octanol–water partition coefficient (Wildman–Crippen LogP) is 3.74. The van der Waals surface area contributed by atoms with E-state index in [-0.39, 0.29) is 11.3 Å². The lowest BCUT2D eigenvalue weighted by atomic mass is 10.1. The number of anilines is 1. The van der Waals surface area contributed by atoms with Crippen LogP contribution in [0.2, 0.25) is 0 Å². The van der Waals surface area contributed by atoms with Gasteiger partial charge >= 0.3 is 0 Å². The van der Waals surface area contributed by atoms with E-state index < -0.39 is 10.8 Å². The summed E-state index contributed by atoms with van der Waals surface area (Å²) < 4.78 is 0. The summed E-state index contributed by atoms with van der Waals surface area (Å²) in [4.78, 5) is 27.8. The number of amides is 1. The van der Waals surface area contributed by atoms with Crippen LogP contribution in [0.4, 0.5) is 10.8 Å². The maximum Gasteiger partial charge on any atom is 0.282 e. The standard InChI is InChI=1S/C14H15N3O3S/c1-8(2)12-7-15-14(21-12)16-13(18)10-6-9(3)4-5-11(10)17(19)20/h4-8H,1-3H3,(H,15,16,18). The lowest BCUT2D eigenvalue weighted by molar-refractivity contribution is -0.385. The Bertz CT molecular complexity index is 695. The van der Waals surface area contributed by atoms with Crippen molar-refractivity contribution >= 4 is 28.1 Å². The van der Waals surface area contributed by atoms with E-state index in [0.717, 1.165) is 10.4 Å². The number of aryl methyl sites for hydroxylation is 1. The molecule has 0 unspecified atom stereocenters. The number of carbonyl (C=O) groups excluding carboxylic acids is 1. The summed E-state index contributed by atoms with van der Waals surface area (Å²) in [5, 5.41) is 14.1. The maximum atomic E-state index is 12.2. The van der Waals surface area contributed by atoms with Crippen molar-refractivity contribution in [2.75, 3.05) is 5.32 Å². The number of thiazole rings is 1. The fourth-order valence-electron chi connectivity index (χ4n) is 1.77. The molecule has 2 rings (SSSR count). The Labute approximate surface area is 126 Å². The minimum absolute atomic E-state index is 0.0429. The lowest BCUT2D eigenvalue weighted by Gasteiger charge is -2.04. The molecule has 0 aliphatic rings. The van der Waals surface area contributed by atoms with Gasteiger partial charge in [0.25, 0.3) is 11.6 Å². The zero-order valence-electron chi connectivity index (χ0n) is 11.9. The van der Waals surface area contributed by atoms with Crippen molar-refractivity contribution in [2.24, 2.45) is 0 Å². The van der Waals surface area contributed by atoms with E-state index in [1.807, 2.05) is 13.8 Å². The molecule has 1 aromatic heterocycles. The molecule has 1 aromatic carbocycles. The van der Waals surface area contributed by atoms with E-state index in [0.29, 0.717) is 11.0 Å². The van der Waals surface area contributed by atoms with E-state index in [2.05, 4.69) is 10.3 Å². The molecule has 1 N–H and O–H groups in total. The van der Waals surface area contributed by atoms with E-state index >= 15 is 0 Å². The Morgan fingerprint density at radius 1 is 1.43 bits per heavy atom. The van der Waals surface area contributed by atoms with Crippen LogP contribution < -0.4 is 5.32 Å². The molecule has 0 saturated carbocycles. The third-order valence-corrected chi connectivity index (χ3v) is 4.12. The topological polar surface area (TPSA) is 85.1 Å². The highest BCUT2D eigenvalue weighted by Crippen LogP contribution is 2.27. The molecule has 0 radical (unpaired) electrons. The predicted molar refractivity (Wildman–Crippen MR) is 82.0 cm³/mol. The van der Waals surface area contributed by atoms with Crippen molar-refractivity contribution in [2.45, 2.75) is 26.7 Å². The molecule has 0 aliphatic carbocycles. The summed E-state index contributed by atoms with van der Waals surface area (Å²) in [5.74, 6) is -0.198. The van der Waals surface area contributed by atoms with Gasteiger partial charge in [0.1, 0.15) is 5.56 Å². The van der Waals surface area contributed by atoms with Gasteiger partial charge in [-0.2, -0.15) is 0 Å². The summed E-state index contributed by atoms with van der Waals surface area (Å²) in [7, 11) is 0. The van der Waals surface area contributed by atoms with Gasteiger partial charge in [-0.25, -0.2) is 4.98 Å². The molecule has 7 heteroatoms. The first kappa shape index (κ1) is 15.1. The third-order valence-electron chi connectivity index (χ3n) is 2.91. The monoisotopic (exact) mass is 305 g/mol. The van der Waals surface area contributed by atoms with E-state index in [1.165, 1.54) is 23.5 Å². The zero-order chi connectivity index (χ0) is 15.6. The smallest absolute Gasteiger partial charge is 0.282 e. The fraction of sp³-hybridized carbons (Fsp3) is 0.286. The highest BCUT2D eigenvalue weighted by molar-refractivity contribution is 7.15. The number of nitrogens with zero attached hydrogens (tertiary/aromatic N) is 2. The number of hydrogen-bond donors (Lipinski definition) is 1. The van der Waals surface area contributed by atoms with Gasteiger partial charge in [-0.1, -0.05) is 19.9 Å². The van der Waals surface area contributed by atoms with Crippen LogP contribution in [0.25, 0.3) is 0 Å². The molecule has 0 spiro atoms. The second-order valence-corrected chi connectivity index (χ2v) is 6.02. The normalized spacial score (nSPS) is 10.7.